The van der Waals surface area contributed by atoms with Crippen molar-refractivity contribution < 1.29 is 14.3 Å². The first-order valence-corrected chi connectivity index (χ1v) is 8.78. The number of nitrogens with one attached hydrogen (secondary N) is 1. The Hall–Kier alpha value is -2.82. The maximum absolute atomic E-state index is 11.9. The normalized spacial score (nSPS) is 11.8. The number of hydrogen-bond donors (Lipinski definition) is 2. The van der Waals surface area contributed by atoms with E-state index in [0.717, 1.165) is 16.9 Å². The van der Waals surface area contributed by atoms with E-state index in [-0.39, 0.29) is 11.8 Å². The van der Waals surface area contributed by atoms with Crippen LogP contribution >= 0.6 is 0 Å². The average Bonchev–Trinajstić information content (AvgIpc) is 2.60. The Morgan fingerprint density at radius 2 is 1.65 bits per heavy atom. The molecule has 0 spiro atoms. The van der Waals surface area contributed by atoms with E-state index in [4.69, 9.17) is 10.5 Å². The van der Waals surface area contributed by atoms with Crippen LogP contribution in [0.3, 0.4) is 0 Å². The predicted molar refractivity (Wildman–Crippen MR) is 102 cm³/mol. The Bertz CT molecular complexity index is 712. The molecule has 0 aromatic heterocycles. The van der Waals surface area contributed by atoms with E-state index in [0.29, 0.717) is 19.4 Å². The van der Waals surface area contributed by atoms with E-state index in [1.54, 1.807) is 0 Å². The van der Waals surface area contributed by atoms with Gasteiger partial charge in [0.1, 0.15) is 18.4 Å². The van der Waals surface area contributed by atoms with Crippen molar-refractivity contribution in [2.75, 3.05) is 0 Å². The molecule has 0 heterocycles. The zero-order valence-corrected chi connectivity index (χ0v) is 15.3. The summed E-state index contributed by atoms with van der Waals surface area (Å²) >= 11 is 0. The van der Waals surface area contributed by atoms with E-state index < -0.39 is 11.9 Å². The molecule has 5 nitrogen and oxygen atoms in total. The minimum atomic E-state index is -0.711. The van der Waals surface area contributed by atoms with Crippen molar-refractivity contribution in [1.82, 2.24) is 5.32 Å². The quantitative estimate of drug-likeness (QED) is 0.726. The fraction of sp³-hybridized carbons (Fsp3) is 0.333. The summed E-state index contributed by atoms with van der Waals surface area (Å²) in [5, 5.41) is 2.71. The van der Waals surface area contributed by atoms with Crippen LogP contribution in [0.1, 0.15) is 31.4 Å². The fourth-order valence-electron chi connectivity index (χ4n) is 2.55. The van der Waals surface area contributed by atoms with Gasteiger partial charge in [-0.15, -0.1) is 0 Å². The number of rotatable bonds is 9. The Labute approximate surface area is 154 Å². The topological polar surface area (TPSA) is 81.4 Å². The van der Waals surface area contributed by atoms with Crippen LogP contribution in [-0.4, -0.2) is 17.9 Å². The van der Waals surface area contributed by atoms with Crippen LogP contribution in [0, 0.1) is 5.92 Å². The van der Waals surface area contributed by atoms with E-state index >= 15 is 0 Å². The molecule has 2 amide bonds. The van der Waals surface area contributed by atoms with Crippen molar-refractivity contribution in [3.63, 3.8) is 0 Å². The van der Waals surface area contributed by atoms with Gasteiger partial charge in [-0.05, 0) is 29.2 Å². The molecule has 0 aliphatic carbocycles. The SMILES string of the molecule is CC(C)CC(=O)N[C@H](Cc1ccc(OCc2ccccc2)cc1)C(N)=O. The molecule has 26 heavy (non-hydrogen) atoms. The second-order valence-electron chi connectivity index (χ2n) is 6.74. The van der Waals surface area contributed by atoms with Gasteiger partial charge in [-0.1, -0.05) is 56.3 Å². The van der Waals surface area contributed by atoms with Crippen molar-refractivity contribution >= 4 is 11.8 Å². The summed E-state index contributed by atoms with van der Waals surface area (Å²) in [7, 11) is 0. The standard InChI is InChI=1S/C21H26N2O3/c1-15(2)12-20(24)23-19(21(22)25)13-16-8-10-18(11-9-16)26-14-17-6-4-3-5-7-17/h3-11,15,19H,12-14H2,1-2H3,(H2,22,25)(H,23,24)/t19-/m1/s1. The highest BCUT2D eigenvalue weighted by atomic mass is 16.5. The van der Waals surface area contributed by atoms with Gasteiger partial charge in [0.15, 0.2) is 0 Å². The van der Waals surface area contributed by atoms with Gasteiger partial charge >= 0.3 is 0 Å². The van der Waals surface area contributed by atoms with Crippen molar-refractivity contribution in [2.24, 2.45) is 11.7 Å². The van der Waals surface area contributed by atoms with Crippen LogP contribution in [0.25, 0.3) is 0 Å². The van der Waals surface area contributed by atoms with Gasteiger partial charge in [0.25, 0.3) is 0 Å². The molecule has 2 rings (SSSR count). The Balaban J connectivity index is 1.91. The zero-order chi connectivity index (χ0) is 18.9. The molecule has 0 saturated heterocycles. The van der Waals surface area contributed by atoms with Crippen molar-refractivity contribution in [3.8, 4) is 5.75 Å². The van der Waals surface area contributed by atoms with Gasteiger partial charge in [-0.2, -0.15) is 0 Å². The molecule has 0 unspecified atom stereocenters. The summed E-state index contributed by atoms with van der Waals surface area (Å²) in [5.74, 6) is 0.278. The maximum atomic E-state index is 11.9. The molecule has 0 saturated carbocycles. The number of primary amides is 1. The Morgan fingerprint density at radius 1 is 1.00 bits per heavy atom. The van der Waals surface area contributed by atoms with Crippen molar-refractivity contribution in [3.05, 3.63) is 65.7 Å². The highest BCUT2D eigenvalue weighted by molar-refractivity contribution is 5.86. The van der Waals surface area contributed by atoms with E-state index in [1.165, 1.54) is 0 Å². The van der Waals surface area contributed by atoms with Crippen LogP contribution < -0.4 is 15.8 Å². The number of nitrogens with two attached hydrogens (primary N) is 1. The van der Waals surface area contributed by atoms with Gasteiger partial charge in [-0.25, -0.2) is 0 Å². The lowest BCUT2D eigenvalue weighted by Crippen LogP contribution is -2.46. The van der Waals surface area contributed by atoms with Gasteiger partial charge < -0.3 is 15.8 Å². The van der Waals surface area contributed by atoms with Crippen LogP contribution in [-0.2, 0) is 22.6 Å². The molecule has 0 bridgehead atoms. The number of ether oxygens (including phenoxy) is 1. The molecule has 2 aromatic carbocycles. The summed E-state index contributed by atoms with van der Waals surface area (Å²) in [5.41, 5.74) is 7.43. The summed E-state index contributed by atoms with van der Waals surface area (Å²) < 4.78 is 5.75. The molecule has 0 aliphatic rings. The molecular weight excluding hydrogens is 328 g/mol. The lowest BCUT2D eigenvalue weighted by molar-refractivity contribution is -0.127. The first kappa shape index (κ1) is 19.5. The number of benzene rings is 2. The number of carbonyl (C=O) groups excluding carboxylic acids is 2. The highest BCUT2D eigenvalue weighted by Crippen LogP contribution is 2.15. The number of hydrogen-bond acceptors (Lipinski definition) is 3. The first-order chi connectivity index (χ1) is 12.4. The summed E-state index contributed by atoms with van der Waals surface area (Å²) in [6.07, 6.45) is 0.730. The Kier molecular flexibility index (Phi) is 7.21. The van der Waals surface area contributed by atoms with Gasteiger partial charge in [0.05, 0.1) is 0 Å². The number of amides is 2. The van der Waals surface area contributed by atoms with Gasteiger partial charge in [0, 0.05) is 12.8 Å². The summed E-state index contributed by atoms with van der Waals surface area (Å²) in [6.45, 7) is 4.40. The number of carbonyl (C=O) groups is 2. The molecule has 2 aromatic rings. The molecule has 5 heteroatoms. The second kappa shape index (κ2) is 9.61. The zero-order valence-electron chi connectivity index (χ0n) is 15.3. The first-order valence-electron chi connectivity index (χ1n) is 8.78. The Morgan fingerprint density at radius 3 is 2.23 bits per heavy atom. The lowest BCUT2D eigenvalue weighted by atomic mass is 10.0. The molecule has 0 radical (unpaired) electrons. The summed E-state index contributed by atoms with van der Waals surface area (Å²) in [6, 6.07) is 16.7. The van der Waals surface area contributed by atoms with Crippen LogP contribution in [0.2, 0.25) is 0 Å². The largest absolute Gasteiger partial charge is 0.489 e. The predicted octanol–water partition coefficient (Wildman–Crippen LogP) is 2.82. The van der Waals surface area contributed by atoms with Gasteiger partial charge in [-0.3, -0.25) is 9.59 Å². The third-order valence-electron chi connectivity index (χ3n) is 3.88. The molecule has 138 valence electrons. The fourth-order valence-corrected chi connectivity index (χ4v) is 2.55. The lowest BCUT2D eigenvalue weighted by Gasteiger charge is -2.16. The van der Waals surface area contributed by atoms with Crippen LogP contribution in [0.5, 0.6) is 5.75 Å². The molecule has 0 aliphatic heterocycles. The molecular formula is C21H26N2O3. The van der Waals surface area contributed by atoms with Crippen LogP contribution in [0.4, 0.5) is 0 Å². The van der Waals surface area contributed by atoms with Crippen molar-refractivity contribution in [1.29, 1.82) is 0 Å². The summed E-state index contributed by atoms with van der Waals surface area (Å²) in [4.78, 5) is 23.5. The maximum Gasteiger partial charge on any atom is 0.240 e. The minimum Gasteiger partial charge on any atom is -0.489 e. The van der Waals surface area contributed by atoms with Crippen LogP contribution in [0.15, 0.2) is 54.6 Å². The van der Waals surface area contributed by atoms with E-state index in [1.807, 2.05) is 68.4 Å². The molecule has 3 N–H and O–H groups in total. The molecule has 1 atom stereocenters. The van der Waals surface area contributed by atoms with E-state index in [2.05, 4.69) is 5.32 Å². The minimum absolute atomic E-state index is 0.161. The van der Waals surface area contributed by atoms with E-state index in [9.17, 15) is 9.59 Å². The molecule has 0 fully saturated rings. The smallest absolute Gasteiger partial charge is 0.240 e. The third kappa shape index (κ3) is 6.59. The van der Waals surface area contributed by atoms with Gasteiger partial charge in [0.2, 0.25) is 11.8 Å². The average molecular weight is 354 g/mol. The highest BCUT2D eigenvalue weighted by Gasteiger charge is 2.19. The monoisotopic (exact) mass is 354 g/mol. The van der Waals surface area contributed by atoms with Crippen molar-refractivity contribution in [2.45, 2.75) is 39.3 Å². The second-order valence-corrected chi connectivity index (χ2v) is 6.74. The third-order valence-corrected chi connectivity index (χ3v) is 3.88.